The van der Waals surface area contributed by atoms with Gasteiger partial charge in [0.1, 0.15) is 33.6 Å². The molecule has 4 heterocycles. The van der Waals surface area contributed by atoms with Crippen molar-refractivity contribution in [3.63, 3.8) is 0 Å². The molecule has 0 unspecified atom stereocenters. The molecule has 302 valence electrons. The molecule has 56 heavy (non-hydrogen) atoms. The first-order chi connectivity index (χ1) is 26.5. The van der Waals surface area contributed by atoms with E-state index in [0.717, 1.165) is 12.8 Å². The minimum Gasteiger partial charge on any atom is -0.506 e. The molecule has 5 aliphatic rings. The summed E-state index contributed by atoms with van der Waals surface area (Å²) in [6.07, 6.45) is 8.14. The van der Waals surface area contributed by atoms with E-state index in [0.29, 0.717) is 42.7 Å². The molecule has 2 aliphatic carbocycles. The predicted molar refractivity (Wildman–Crippen MR) is 208 cm³/mol. The standard InChI is InChI=1S/C39H48ClN5O9S2/c1-38(2,3)54-31(47)16-23-9-7-5-4-6-8-10-25-17-39(25,37(51)43-56(52,53)26-12-13-26)42-33(48)32-27-20-44(18-24(27)19-45(32)35(23)49)36(50)29-21-55-34(41-29)22-11-14-30(46)28(40)15-22/h8,10-11,14-15,21,23-27,32,46H,4-7,9,12-13,16-20H2,1-3H3,(H,42,48)(H,43,51)/b10-8-/t23-,24+,25-,27+,32+,39-/m1/s1. The third-order valence-electron chi connectivity index (χ3n) is 11.4. The van der Waals surface area contributed by atoms with Crippen LogP contribution >= 0.6 is 22.9 Å². The number of thiazole rings is 1. The zero-order valence-electron chi connectivity index (χ0n) is 31.7. The number of phenolic OH excluding ortho intramolecular Hbond substituents is 1. The molecule has 2 aromatic rings. The molecule has 0 bridgehead atoms. The lowest BCUT2D eigenvalue weighted by Crippen LogP contribution is -2.58. The quantitative estimate of drug-likeness (QED) is 0.266. The molecule has 1 aromatic carbocycles. The first-order valence-corrected chi connectivity index (χ1v) is 22.1. The van der Waals surface area contributed by atoms with E-state index >= 15 is 0 Å². The fourth-order valence-electron chi connectivity index (χ4n) is 8.26. The van der Waals surface area contributed by atoms with E-state index < -0.39 is 68.0 Å². The van der Waals surface area contributed by atoms with Crippen LogP contribution in [0.25, 0.3) is 10.6 Å². The summed E-state index contributed by atoms with van der Waals surface area (Å²) in [6, 6.07) is 3.57. The molecule has 4 fully saturated rings. The van der Waals surface area contributed by atoms with E-state index in [9.17, 15) is 37.5 Å². The Hall–Kier alpha value is -4.02. The van der Waals surface area contributed by atoms with Gasteiger partial charge in [0.2, 0.25) is 21.8 Å². The smallest absolute Gasteiger partial charge is 0.307 e. The monoisotopic (exact) mass is 829 g/mol. The van der Waals surface area contributed by atoms with Crippen molar-refractivity contribution in [1.82, 2.24) is 24.8 Å². The van der Waals surface area contributed by atoms with E-state index in [2.05, 4.69) is 15.0 Å². The number of fused-ring (bicyclic) bond motifs is 4. The van der Waals surface area contributed by atoms with Gasteiger partial charge in [-0.1, -0.05) is 36.6 Å². The van der Waals surface area contributed by atoms with Gasteiger partial charge in [-0.2, -0.15) is 0 Å². The van der Waals surface area contributed by atoms with Gasteiger partial charge >= 0.3 is 5.97 Å². The topological polar surface area (TPSA) is 192 Å². The lowest BCUT2D eigenvalue weighted by molar-refractivity contribution is -0.159. The molecule has 2 saturated carbocycles. The van der Waals surface area contributed by atoms with E-state index in [1.54, 1.807) is 43.2 Å². The van der Waals surface area contributed by atoms with Gasteiger partial charge in [-0.3, -0.25) is 28.7 Å². The van der Waals surface area contributed by atoms with Crippen LogP contribution in [0, 0.1) is 23.7 Å². The second kappa shape index (κ2) is 15.4. The highest BCUT2D eigenvalue weighted by Crippen LogP contribution is 2.47. The zero-order valence-corrected chi connectivity index (χ0v) is 34.1. The lowest BCUT2D eigenvalue weighted by Gasteiger charge is -2.32. The maximum Gasteiger partial charge on any atom is 0.307 e. The van der Waals surface area contributed by atoms with Gasteiger partial charge in [-0.15, -0.1) is 11.3 Å². The van der Waals surface area contributed by atoms with Gasteiger partial charge in [-0.05, 0) is 77.5 Å². The number of ether oxygens (including phenoxy) is 1. The summed E-state index contributed by atoms with van der Waals surface area (Å²) in [4.78, 5) is 77.7. The maximum atomic E-state index is 14.7. The summed E-state index contributed by atoms with van der Waals surface area (Å²) in [6.45, 7) is 5.78. The Kier molecular flexibility index (Phi) is 11.0. The number of halogens is 1. The zero-order chi connectivity index (χ0) is 40.2. The number of sulfonamides is 1. The Bertz CT molecular complexity index is 2060. The van der Waals surface area contributed by atoms with Crippen LogP contribution in [-0.2, 0) is 33.9 Å². The van der Waals surface area contributed by atoms with Crippen molar-refractivity contribution in [2.24, 2.45) is 23.7 Å². The van der Waals surface area contributed by atoms with E-state index in [-0.39, 0.29) is 66.7 Å². The number of aromatic nitrogens is 1. The molecule has 7 rings (SSSR count). The number of carbonyl (C=O) groups excluding carboxylic acids is 5. The molecule has 2 saturated heterocycles. The fraction of sp³-hybridized carbons (Fsp3) is 0.590. The van der Waals surface area contributed by atoms with Crippen LogP contribution < -0.4 is 10.0 Å². The highest BCUT2D eigenvalue weighted by atomic mass is 35.5. The number of nitrogens with zero attached hydrogens (tertiary/aromatic N) is 3. The summed E-state index contributed by atoms with van der Waals surface area (Å²) in [7, 11) is -3.92. The molecule has 0 spiro atoms. The molecule has 4 amide bonds. The normalized spacial score (nSPS) is 28.9. The first-order valence-electron chi connectivity index (χ1n) is 19.3. The summed E-state index contributed by atoms with van der Waals surface area (Å²) in [5.74, 6) is -4.73. The number of aromatic hydroxyl groups is 1. The van der Waals surface area contributed by atoms with Gasteiger partial charge in [0.05, 0.1) is 16.7 Å². The van der Waals surface area contributed by atoms with Gasteiger partial charge in [0.15, 0.2) is 0 Å². The van der Waals surface area contributed by atoms with Crippen molar-refractivity contribution in [3.05, 3.63) is 46.4 Å². The number of hydrogen-bond donors (Lipinski definition) is 3. The number of amides is 4. The fourth-order valence-corrected chi connectivity index (χ4v) is 10.6. The van der Waals surface area contributed by atoms with Crippen LogP contribution in [0.2, 0.25) is 5.02 Å². The number of nitrogens with one attached hydrogen (secondary N) is 2. The second-order valence-corrected chi connectivity index (χ2v) is 20.0. The summed E-state index contributed by atoms with van der Waals surface area (Å²) < 4.78 is 33.6. The van der Waals surface area contributed by atoms with E-state index in [1.165, 1.54) is 22.3 Å². The summed E-state index contributed by atoms with van der Waals surface area (Å²) >= 11 is 7.35. The summed E-state index contributed by atoms with van der Waals surface area (Å²) in [5.41, 5.74) is -1.45. The largest absolute Gasteiger partial charge is 0.506 e. The average molecular weight is 830 g/mol. The Labute approximate surface area is 335 Å². The maximum absolute atomic E-state index is 14.7. The van der Waals surface area contributed by atoms with Crippen LogP contribution in [0.1, 0.15) is 89.0 Å². The molecule has 1 aromatic heterocycles. The molecule has 3 aliphatic heterocycles. The first kappa shape index (κ1) is 40.2. The second-order valence-electron chi connectivity index (χ2n) is 16.8. The Morgan fingerprint density at radius 3 is 2.59 bits per heavy atom. The predicted octanol–water partition coefficient (Wildman–Crippen LogP) is 4.42. The number of allylic oxidation sites excluding steroid dienone is 1. The molecule has 17 heteroatoms. The Balaban J connectivity index is 1.17. The minimum absolute atomic E-state index is 0.0728. The highest BCUT2D eigenvalue weighted by Gasteiger charge is 2.63. The van der Waals surface area contributed by atoms with Crippen LogP contribution in [0.4, 0.5) is 0 Å². The number of carbonyl (C=O) groups is 5. The van der Waals surface area contributed by atoms with Gasteiger partial charge in [-0.25, -0.2) is 13.4 Å². The third kappa shape index (κ3) is 8.47. The molecule has 0 radical (unpaired) electrons. The van der Waals surface area contributed by atoms with Crippen molar-refractivity contribution in [2.75, 3.05) is 19.6 Å². The Morgan fingerprint density at radius 1 is 1.11 bits per heavy atom. The van der Waals surface area contributed by atoms with Crippen LogP contribution in [-0.4, -0.2) is 100.0 Å². The summed E-state index contributed by atoms with van der Waals surface area (Å²) in [5, 5.41) is 14.4. The van der Waals surface area contributed by atoms with Crippen molar-refractivity contribution in [1.29, 1.82) is 0 Å². The molecular formula is C39H48ClN5O9S2. The van der Waals surface area contributed by atoms with Crippen molar-refractivity contribution >= 4 is 62.6 Å². The number of hydrogen-bond acceptors (Lipinski definition) is 11. The molecular weight excluding hydrogens is 782 g/mol. The van der Waals surface area contributed by atoms with Crippen LogP contribution in [0.15, 0.2) is 35.7 Å². The number of phenols is 1. The Morgan fingerprint density at radius 2 is 1.88 bits per heavy atom. The number of benzene rings is 1. The van der Waals surface area contributed by atoms with Crippen LogP contribution in [0.5, 0.6) is 5.75 Å². The third-order valence-corrected chi connectivity index (χ3v) is 14.4. The SMILES string of the molecule is CC(C)(C)OC(=O)C[C@H]1CCCCC/C=C\[C@@H]2C[C@@]2(C(=O)NS(=O)(=O)C2CC2)NC(=O)[C@@H]2[C@H]3CN(C(=O)c4csc(-c5ccc(O)c(Cl)c5)n4)C[C@H]3CN2C1=O. The molecule has 6 atom stereocenters. The van der Waals surface area contributed by atoms with Gasteiger partial charge in [0, 0.05) is 54.2 Å². The van der Waals surface area contributed by atoms with Crippen molar-refractivity contribution in [3.8, 4) is 16.3 Å². The van der Waals surface area contributed by atoms with Gasteiger partial charge < -0.3 is 25.0 Å². The lowest BCUT2D eigenvalue weighted by atomic mass is 9.92. The molecule has 3 N–H and O–H groups in total. The highest BCUT2D eigenvalue weighted by molar-refractivity contribution is 7.91. The number of likely N-dealkylation sites (tertiary alicyclic amines) is 1. The van der Waals surface area contributed by atoms with Gasteiger partial charge in [0.25, 0.3) is 11.8 Å². The number of rotatable bonds is 7. The average Bonchev–Trinajstić information content (AvgIpc) is 3.94. The van der Waals surface area contributed by atoms with E-state index in [4.69, 9.17) is 16.3 Å². The van der Waals surface area contributed by atoms with Crippen molar-refractivity contribution in [2.45, 2.75) is 101 Å². The molecule has 14 nitrogen and oxygen atoms in total. The van der Waals surface area contributed by atoms with E-state index in [1.807, 2.05) is 12.2 Å². The van der Waals surface area contributed by atoms with Crippen LogP contribution in [0.3, 0.4) is 0 Å². The number of esters is 1. The van der Waals surface area contributed by atoms with Crippen molar-refractivity contribution < 1.29 is 42.2 Å². The minimum atomic E-state index is -3.92.